The summed E-state index contributed by atoms with van der Waals surface area (Å²) in [5.74, 6) is -9.44. The summed E-state index contributed by atoms with van der Waals surface area (Å²) >= 11 is 0. The lowest BCUT2D eigenvalue weighted by molar-refractivity contribution is -0.385. The van der Waals surface area contributed by atoms with Crippen LogP contribution >= 0.6 is 0 Å². The fraction of sp³-hybridized carbons (Fsp3) is 0.120. The number of amides is 2. The number of rotatable bonds is 14. The van der Waals surface area contributed by atoms with Gasteiger partial charge in [0.25, 0.3) is 37.1 Å². The number of hydrogen-bond acceptors (Lipinski definition) is 14. The van der Waals surface area contributed by atoms with Crippen molar-refractivity contribution in [3.8, 4) is 0 Å². The summed E-state index contributed by atoms with van der Waals surface area (Å²) in [5, 5.41) is 62.3. The number of non-ortho nitro benzene ring substituents is 3. The molecule has 22 nitrogen and oxygen atoms in total. The van der Waals surface area contributed by atoms with Crippen LogP contribution in [0.5, 0.6) is 0 Å². The third kappa shape index (κ3) is 7.71. The van der Waals surface area contributed by atoms with Crippen LogP contribution in [0.4, 0.5) is 27.5 Å². The fourth-order valence-corrected chi connectivity index (χ4v) is 7.02. The number of anilines is 1. The van der Waals surface area contributed by atoms with E-state index in [2.05, 4.69) is 0 Å². The Hall–Kier alpha value is -6.56. The number of nitro benzene ring substituents is 3. The van der Waals surface area contributed by atoms with Crippen molar-refractivity contribution >= 4 is 66.7 Å². The summed E-state index contributed by atoms with van der Waals surface area (Å²) in [7, 11) is -11.2. The van der Waals surface area contributed by atoms with Gasteiger partial charge in [0.2, 0.25) is 0 Å². The van der Waals surface area contributed by atoms with Gasteiger partial charge < -0.3 is 15.3 Å². The zero-order valence-corrected chi connectivity index (χ0v) is 25.5. The van der Waals surface area contributed by atoms with Crippen LogP contribution in [-0.4, -0.2) is 81.2 Å². The van der Waals surface area contributed by atoms with Crippen molar-refractivity contribution < 1.29 is 66.1 Å². The molecule has 49 heavy (non-hydrogen) atoms. The molecule has 3 rings (SSSR count). The van der Waals surface area contributed by atoms with Crippen LogP contribution in [0.2, 0.25) is 0 Å². The first-order valence-electron chi connectivity index (χ1n) is 12.8. The smallest absolute Gasteiger partial charge is 0.353 e. The molecule has 0 spiro atoms. The zero-order valence-electron chi connectivity index (χ0n) is 23.9. The van der Waals surface area contributed by atoms with Gasteiger partial charge in [-0.25, -0.2) is 30.7 Å². The number of aliphatic carboxylic acids is 3. The van der Waals surface area contributed by atoms with Crippen LogP contribution in [0.15, 0.2) is 82.6 Å². The number of sulfonamides is 2. The summed E-state index contributed by atoms with van der Waals surface area (Å²) < 4.78 is 54.8. The molecule has 0 saturated carbocycles. The summed E-state index contributed by atoms with van der Waals surface area (Å²) in [4.78, 5) is 78.8. The molecule has 3 aromatic rings. The van der Waals surface area contributed by atoms with Crippen LogP contribution in [-0.2, 0) is 34.4 Å². The van der Waals surface area contributed by atoms with E-state index in [1.807, 2.05) is 0 Å². The molecule has 0 bridgehead atoms. The molecule has 0 radical (unpaired) electrons. The fourth-order valence-electron chi connectivity index (χ4n) is 4.08. The molecule has 258 valence electrons. The first-order chi connectivity index (χ1) is 22.7. The molecule has 0 aromatic heterocycles. The number of urea groups is 1. The first-order valence-corrected chi connectivity index (χ1v) is 15.6. The average molecular weight is 726 g/mol. The first kappa shape index (κ1) is 36.9. The predicted octanol–water partition coefficient (Wildman–Crippen LogP) is 2.05. The molecule has 3 N–H and O–H groups in total. The Bertz CT molecular complexity index is 2050. The van der Waals surface area contributed by atoms with E-state index in [4.69, 9.17) is 0 Å². The van der Waals surface area contributed by atoms with E-state index in [-0.39, 0.29) is 4.31 Å². The van der Waals surface area contributed by atoms with Crippen LogP contribution < -0.4 is 4.31 Å². The monoisotopic (exact) mass is 725 g/mol. The quantitative estimate of drug-likeness (QED) is 0.122. The maximum Gasteiger partial charge on any atom is 0.353 e. The number of nitrogens with zero attached hydrogens (tertiary/aromatic N) is 5. The molecular formula is C25H19N5O17S2. The maximum absolute atomic E-state index is 14.3. The van der Waals surface area contributed by atoms with Gasteiger partial charge in [-0.2, -0.15) is 4.31 Å². The second-order valence-electron chi connectivity index (χ2n) is 9.45. The van der Waals surface area contributed by atoms with E-state index in [1.54, 1.807) is 0 Å². The third-order valence-electron chi connectivity index (χ3n) is 6.47. The lowest BCUT2D eigenvalue weighted by Gasteiger charge is -2.33. The average Bonchev–Trinajstić information content (AvgIpc) is 3.02. The molecular weight excluding hydrogens is 706 g/mol. The van der Waals surface area contributed by atoms with E-state index in [1.165, 1.54) is 0 Å². The highest BCUT2D eigenvalue weighted by Crippen LogP contribution is 2.32. The second kappa shape index (κ2) is 14.1. The molecule has 24 heteroatoms. The predicted molar refractivity (Wildman–Crippen MR) is 158 cm³/mol. The van der Waals surface area contributed by atoms with Gasteiger partial charge >= 0.3 is 23.9 Å². The lowest BCUT2D eigenvalue weighted by Crippen LogP contribution is -2.56. The van der Waals surface area contributed by atoms with E-state index in [0.717, 1.165) is 0 Å². The third-order valence-corrected chi connectivity index (χ3v) is 9.98. The van der Waals surface area contributed by atoms with Crippen molar-refractivity contribution in [1.29, 1.82) is 0 Å². The summed E-state index contributed by atoms with van der Waals surface area (Å²) in [6.45, 7) is 0. The largest absolute Gasteiger partial charge is 0.481 e. The van der Waals surface area contributed by atoms with Crippen LogP contribution in [0, 0.1) is 36.3 Å². The van der Waals surface area contributed by atoms with Crippen molar-refractivity contribution in [2.75, 3.05) is 4.31 Å². The van der Waals surface area contributed by atoms with E-state index >= 15 is 0 Å². The molecule has 0 aliphatic rings. The summed E-state index contributed by atoms with van der Waals surface area (Å²) in [6, 6.07) is 2.03. The van der Waals surface area contributed by atoms with E-state index in [0.29, 0.717) is 72.8 Å². The van der Waals surface area contributed by atoms with Gasteiger partial charge in [-0.1, -0.05) is 0 Å². The molecule has 0 aliphatic heterocycles. The van der Waals surface area contributed by atoms with Crippen molar-refractivity contribution in [3.63, 3.8) is 0 Å². The van der Waals surface area contributed by atoms with E-state index < -0.39 is 114 Å². The molecule has 1 atom stereocenters. The minimum Gasteiger partial charge on any atom is -0.481 e. The van der Waals surface area contributed by atoms with Gasteiger partial charge in [0.15, 0.2) is 5.92 Å². The Morgan fingerprint density at radius 3 is 1.27 bits per heavy atom. The number of carboxylic acids is 3. The second-order valence-corrected chi connectivity index (χ2v) is 13.0. The normalized spacial score (nSPS) is 12.0. The number of benzene rings is 3. The molecule has 0 heterocycles. The van der Waals surface area contributed by atoms with Crippen molar-refractivity contribution in [3.05, 3.63) is 103 Å². The van der Waals surface area contributed by atoms with E-state index in [9.17, 15) is 81.7 Å². The molecule has 0 aliphatic carbocycles. The van der Waals surface area contributed by atoms with Gasteiger partial charge in [-0.15, -0.1) is 0 Å². The minimum atomic E-state index is -5.73. The highest BCUT2D eigenvalue weighted by molar-refractivity contribution is 7.94. The molecule has 1 unspecified atom stereocenters. The zero-order chi connectivity index (χ0) is 37.0. The Morgan fingerprint density at radius 1 is 0.592 bits per heavy atom. The Morgan fingerprint density at radius 2 is 0.939 bits per heavy atom. The molecule has 3 aromatic carbocycles. The Balaban J connectivity index is 2.41. The highest BCUT2D eigenvalue weighted by Gasteiger charge is 2.48. The van der Waals surface area contributed by atoms with Gasteiger partial charge in [0, 0.05) is 42.8 Å². The summed E-state index contributed by atoms with van der Waals surface area (Å²) in [5.41, 5.74) is -2.89. The number of carbonyl (C=O) groups is 4. The number of nitro groups is 3. The Labute approximate surface area is 272 Å². The van der Waals surface area contributed by atoms with Gasteiger partial charge in [0.1, 0.15) is 6.04 Å². The molecule has 0 fully saturated rings. The van der Waals surface area contributed by atoms with Gasteiger partial charge in [0.05, 0.1) is 30.2 Å². The van der Waals surface area contributed by atoms with Crippen LogP contribution in [0.3, 0.4) is 0 Å². The van der Waals surface area contributed by atoms with Crippen LogP contribution in [0.1, 0.15) is 6.42 Å². The summed E-state index contributed by atoms with van der Waals surface area (Å²) in [6.07, 6.45) is -1.69. The number of carbonyl (C=O) groups excluding carboxylic acids is 1. The minimum absolute atomic E-state index is 0.368. The van der Waals surface area contributed by atoms with Gasteiger partial charge in [-0.3, -0.25) is 39.9 Å². The highest BCUT2D eigenvalue weighted by atomic mass is 32.2. The van der Waals surface area contributed by atoms with Crippen LogP contribution in [0.25, 0.3) is 0 Å². The standard InChI is InChI=1S/C25H19N5O17S2/c31-22(32)20(23(33)34)13-21(24(35)36)27(49(46,47)19-11-7-17(8-12-19)30(42)43)25(37)26(14-1-3-15(4-2-14)28(38)39)48(44,45)18-9-5-16(6-10-18)29(40)41/h1-12,20-21H,13H2,(H,31,32)(H,33,34)(H,35,36). The molecule has 2 amide bonds. The molecule has 0 saturated heterocycles. The maximum atomic E-state index is 14.3. The number of carboxylic acid groups (broad SMARTS) is 3. The topological polar surface area (TPSA) is 333 Å². The van der Waals surface area contributed by atoms with Crippen molar-refractivity contribution in [2.45, 2.75) is 22.3 Å². The lowest BCUT2D eigenvalue weighted by atomic mass is 10.00. The Kier molecular flexibility index (Phi) is 10.6. The SMILES string of the molecule is O=C(O)C(CC(C(=O)O)N(C(=O)N(c1ccc([N+](=O)[O-])cc1)S(=O)(=O)c1ccc([N+](=O)[O-])cc1)S(=O)(=O)c1ccc([N+](=O)[O-])cc1)C(=O)O. The van der Waals surface area contributed by atoms with Gasteiger partial charge in [-0.05, 0) is 36.4 Å². The van der Waals surface area contributed by atoms with Crippen molar-refractivity contribution in [2.24, 2.45) is 5.92 Å². The number of hydrogen-bond donors (Lipinski definition) is 3. The van der Waals surface area contributed by atoms with Crippen molar-refractivity contribution in [1.82, 2.24) is 4.31 Å².